The molecular weight excluding hydrogens is 167 g/mol. The van der Waals surface area contributed by atoms with E-state index in [1.165, 1.54) is 10.9 Å². The Morgan fingerprint density at radius 3 is 2.43 bits per heavy atom. The van der Waals surface area contributed by atoms with Crippen LogP contribution >= 0.6 is 0 Å². The summed E-state index contributed by atoms with van der Waals surface area (Å²) >= 11 is 0. The van der Waals surface area contributed by atoms with E-state index in [2.05, 4.69) is 19.1 Å². The standard InChI is InChI=1S/C12H10O.Li.H/c1-9-2-4-12-7-10(8-13)3-5-11(12)6-9;;/h2-8H,1H3;;/q;+1;-1. The Hall–Kier alpha value is -1.03. The fourth-order valence-corrected chi connectivity index (χ4v) is 1.46. The largest absolute Gasteiger partial charge is 1.00 e. The summed E-state index contributed by atoms with van der Waals surface area (Å²) in [4.78, 5) is 10.5. The van der Waals surface area contributed by atoms with Crippen molar-refractivity contribution in [3.8, 4) is 0 Å². The Morgan fingerprint density at radius 1 is 1.07 bits per heavy atom. The molecule has 0 spiro atoms. The quantitative estimate of drug-likeness (QED) is 0.446. The second-order valence-corrected chi connectivity index (χ2v) is 3.23. The van der Waals surface area contributed by atoms with Gasteiger partial charge in [0.25, 0.3) is 0 Å². The second-order valence-electron chi connectivity index (χ2n) is 3.23. The van der Waals surface area contributed by atoms with Crippen LogP contribution in [0.2, 0.25) is 0 Å². The van der Waals surface area contributed by atoms with E-state index in [-0.39, 0.29) is 20.3 Å². The third-order valence-corrected chi connectivity index (χ3v) is 2.16. The average Bonchev–Trinajstić information content (AvgIpc) is 2.17. The summed E-state index contributed by atoms with van der Waals surface area (Å²) in [5, 5.41) is 2.31. The number of aryl methyl sites for hydroxylation is 1. The molecule has 2 rings (SSSR count). The fraction of sp³-hybridized carbons (Fsp3) is 0.0833. The molecule has 0 aromatic heterocycles. The topological polar surface area (TPSA) is 17.1 Å². The van der Waals surface area contributed by atoms with E-state index < -0.39 is 0 Å². The van der Waals surface area contributed by atoms with Crippen LogP contribution in [-0.2, 0) is 0 Å². The molecule has 14 heavy (non-hydrogen) atoms. The summed E-state index contributed by atoms with van der Waals surface area (Å²) in [7, 11) is 0. The molecule has 0 N–H and O–H groups in total. The molecule has 0 saturated carbocycles. The number of fused-ring (bicyclic) bond motifs is 1. The molecule has 1 nitrogen and oxygen atoms in total. The van der Waals surface area contributed by atoms with Gasteiger partial charge in [0.15, 0.2) is 0 Å². The van der Waals surface area contributed by atoms with Crippen LogP contribution in [0.25, 0.3) is 10.8 Å². The van der Waals surface area contributed by atoms with Crippen molar-refractivity contribution >= 4 is 17.1 Å². The first-order valence-corrected chi connectivity index (χ1v) is 4.25. The van der Waals surface area contributed by atoms with Gasteiger partial charge < -0.3 is 1.43 Å². The van der Waals surface area contributed by atoms with Crippen LogP contribution in [0.3, 0.4) is 0 Å². The van der Waals surface area contributed by atoms with Crippen molar-refractivity contribution in [1.29, 1.82) is 0 Å². The minimum Gasteiger partial charge on any atom is -1.00 e. The summed E-state index contributed by atoms with van der Waals surface area (Å²) in [5.41, 5.74) is 1.97. The fourth-order valence-electron chi connectivity index (χ4n) is 1.46. The number of benzene rings is 2. The molecule has 2 aromatic rings. The Kier molecular flexibility index (Phi) is 3.52. The first-order valence-electron chi connectivity index (χ1n) is 4.25. The molecular formula is C12H11LiO. The monoisotopic (exact) mass is 178 g/mol. The van der Waals surface area contributed by atoms with Crippen molar-refractivity contribution in [1.82, 2.24) is 0 Å². The zero-order chi connectivity index (χ0) is 9.26. The molecule has 0 bridgehead atoms. The van der Waals surface area contributed by atoms with Crippen LogP contribution in [-0.4, -0.2) is 6.29 Å². The van der Waals surface area contributed by atoms with Gasteiger partial charge >= 0.3 is 18.9 Å². The summed E-state index contributed by atoms with van der Waals surface area (Å²) in [6.45, 7) is 2.06. The van der Waals surface area contributed by atoms with Gasteiger partial charge in [0, 0.05) is 5.56 Å². The van der Waals surface area contributed by atoms with Gasteiger partial charge in [-0.2, -0.15) is 0 Å². The van der Waals surface area contributed by atoms with Gasteiger partial charge in [-0.15, -0.1) is 0 Å². The third-order valence-electron chi connectivity index (χ3n) is 2.16. The van der Waals surface area contributed by atoms with Gasteiger partial charge in [0.1, 0.15) is 6.29 Å². The molecule has 66 valence electrons. The predicted molar refractivity (Wildman–Crippen MR) is 55.2 cm³/mol. The predicted octanol–water partition coefficient (Wildman–Crippen LogP) is 0.0772. The van der Waals surface area contributed by atoms with Crippen molar-refractivity contribution < 1.29 is 25.1 Å². The molecule has 0 aliphatic heterocycles. The molecule has 0 amide bonds. The average molecular weight is 178 g/mol. The first kappa shape index (κ1) is 11.0. The first-order chi connectivity index (χ1) is 6.29. The van der Waals surface area contributed by atoms with Crippen molar-refractivity contribution in [2.75, 3.05) is 0 Å². The third kappa shape index (κ3) is 2.07. The number of hydrogen-bond donors (Lipinski definition) is 0. The van der Waals surface area contributed by atoms with E-state index in [1.54, 1.807) is 0 Å². The van der Waals surface area contributed by atoms with Crippen LogP contribution in [0.4, 0.5) is 0 Å². The van der Waals surface area contributed by atoms with Crippen LogP contribution < -0.4 is 18.9 Å². The molecule has 0 unspecified atom stereocenters. The Morgan fingerprint density at radius 2 is 1.71 bits per heavy atom. The van der Waals surface area contributed by atoms with E-state index >= 15 is 0 Å². The summed E-state index contributed by atoms with van der Waals surface area (Å²) in [6.07, 6.45) is 0.874. The normalized spacial score (nSPS) is 9.50. The number of carbonyl (C=O) groups excluding carboxylic acids is 1. The van der Waals surface area contributed by atoms with Crippen LogP contribution in [0.1, 0.15) is 17.3 Å². The Bertz CT molecular complexity index is 468. The molecule has 0 saturated heterocycles. The molecule has 0 heterocycles. The maximum Gasteiger partial charge on any atom is 1.00 e. The van der Waals surface area contributed by atoms with Gasteiger partial charge in [-0.05, 0) is 23.8 Å². The number of carbonyl (C=O) groups is 1. The maximum absolute atomic E-state index is 10.5. The smallest absolute Gasteiger partial charge is 1.00 e. The zero-order valence-electron chi connectivity index (χ0n) is 9.45. The second kappa shape index (κ2) is 4.46. The molecule has 2 heteroatoms. The molecule has 2 aromatic carbocycles. The Labute approximate surface area is 96.8 Å². The van der Waals surface area contributed by atoms with Gasteiger partial charge in [0.2, 0.25) is 0 Å². The molecule has 0 aliphatic carbocycles. The molecule has 0 radical (unpaired) electrons. The summed E-state index contributed by atoms with van der Waals surface area (Å²) < 4.78 is 0. The SMILES string of the molecule is Cc1ccc2cc(C=O)ccc2c1.[H-].[Li+]. The van der Waals surface area contributed by atoms with E-state index in [1.807, 2.05) is 24.3 Å². The van der Waals surface area contributed by atoms with E-state index in [4.69, 9.17) is 0 Å². The molecule has 0 atom stereocenters. The minimum atomic E-state index is 0. The van der Waals surface area contributed by atoms with Crippen LogP contribution in [0.5, 0.6) is 0 Å². The molecule has 0 aliphatic rings. The van der Waals surface area contributed by atoms with Crippen LogP contribution in [0, 0.1) is 6.92 Å². The van der Waals surface area contributed by atoms with Crippen LogP contribution in [0.15, 0.2) is 36.4 Å². The van der Waals surface area contributed by atoms with Crippen molar-refractivity contribution in [3.05, 3.63) is 47.5 Å². The Balaban J connectivity index is 0.000000980. The van der Waals surface area contributed by atoms with Crippen molar-refractivity contribution in [3.63, 3.8) is 0 Å². The number of rotatable bonds is 1. The van der Waals surface area contributed by atoms with Gasteiger partial charge in [-0.25, -0.2) is 0 Å². The van der Waals surface area contributed by atoms with Crippen molar-refractivity contribution in [2.45, 2.75) is 6.92 Å². The molecule has 0 fully saturated rings. The minimum absolute atomic E-state index is 0. The number of hydrogen-bond acceptors (Lipinski definition) is 1. The van der Waals surface area contributed by atoms with Gasteiger partial charge in [-0.1, -0.05) is 35.9 Å². The van der Waals surface area contributed by atoms with E-state index in [0.29, 0.717) is 0 Å². The van der Waals surface area contributed by atoms with Crippen molar-refractivity contribution in [2.24, 2.45) is 0 Å². The van der Waals surface area contributed by atoms with Gasteiger partial charge in [0.05, 0.1) is 0 Å². The zero-order valence-corrected chi connectivity index (χ0v) is 8.45. The van der Waals surface area contributed by atoms with E-state index in [0.717, 1.165) is 17.2 Å². The van der Waals surface area contributed by atoms with E-state index in [9.17, 15) is 4.79 Å². The summed E-state index contributed by atoms with van der Waals surface area (Å²) in [6, 6.07) is 11.9. The maximum atomic E-state index is 10.5. The number of aldehydes is 1. The van der Waals surface area contributed by atoms with Gasteiger partial charge in [-0.3, -0.25) is 4.79 Å². The summed E-state index contributed by atoms with van der Waals surface area (Å²) in [5.74, 6) is 0.